The summed E-state index contributed by atoms with van der Waals surface area (Å²) in [5, 5.41) is 19.9. The number of hydrogen-bond acceptors (Lipinski definition) is 5. The average molecular weight is 287 g/mol. The third kappa shape index (κ3) is 2.84. The predicted octanol–water partition coefficient (Wildman–Crippen LogP) is 2.87. The lowest BCUT2D eigenvalue weighted by atomic mass is 10.0. The molecule has 1 aromatic rings. The molecule has 1 unspecified atom stereocenters. The fourth-order valence-electron chi connectivity index (χ4n) is 2.01. The number of rotatable bonds is 2. The second-order valence-corrected chi connectivity index (χ2v) is 4.74. The number of nitrogens with zero attached hydrogens (tertiary/aromatic N) is 3. The largest absolute Gasteiger partial charge is 0.446 e. The number of ether oxygens (including phenoxy) is 1. The SMILES string of the molecule is CC(C)OC(=O)N1c2ccc([N+](=O)[O-])cc2C=CC1C#N. The molecule has 21 heavy (non-hydrogen) atoms. The molecule has 0 bridgehead atoms. The Morgan fingerprint density at radius 3 is 2.81 bits per heavy atom. The van der Waals surface area contributed by atoms with E-state index < -0.39 is 17.1 Å². The molecular weight excluding hydrogens is 274 g/mol. The van der Waals surface area contributed by atoms with Crippen molar-refractivity contribution in [3.63, 3.8) is 0 Å². The molecule has 1 heterocycles. The molecule has 0 radical (unpaired) electrons. The van der Waals surface area contributed by atoms with Crippen molar-refractivity contribution < 1.29 is 14.5 Å². The van der Waals surface area contributed by atoms with Crippen molar-refractivity contribution in [2.75, 3.05) is 4.90 Å². The van der Waals surface area contributed by atoms with Gasteiger partial charge in [-0.2, -0.15) is 5.26 Å². The third-order valence-corrected chi connectivity index (χ3v) is 2.88. The smallest absolute Gasteiger partial charge is 0.415 e. The van der Waals surface area contributed by atoms with Crippen molar-refractivity contribution in [3.05, 3.63) is 40.0 Å². The van der Waals surface area contributed by atoms with E-state index in [4.69, 9.17) is 10.00 Å². The number of carbonyl (C=O) groups excluding carboxylic acids is 1. The molecule has 1 atom stereocenters. The Morgan fingerprint density at radius 1 is 1.52 bits per heavy atom. The molecule has 2 rings (SSSR count). The number of amides is 1. The Labute approximate surface area is 121 Å². The molecule has 1 amide bonds. The van der Waals surface area contributed by atoms with E-state index >= 15 is 0 Å². The van der Waals surface area contributed by atoms with E-state index in [0.717, 1.165) is 0 Å². The van der Waals surface area contributed by atoms with Crippen LogP contribution in [0.5, 0.6) is 0 Å². The number of hydrogen-bond donors (Lipinski definition) is 0. The van der Waals surface area contributed by atoms with Gasteiger partial charge in [0.2, 0.25) is 0 Å². The molecule has 0 aliphatic carbocycles. The van der Waals surface area contributed by atoms with E-state index in [-0.39, 0.29) is 11.8 Å². The van der Waals surface area contributed by atoms with E-state index in [1.165, 1.54) is 29.2 Å². The van der Waals surface area contributed by atoms with Crippen molar-refractivity contribution in [1.29, 1.82) is 5.26 Å². The standard InChI is InChI=1S/C14H13N3O4/c1-9(2)21-14(18)16-12(8-15)4-3-10-7-11(17(19)20)5-6-13(10)16/h3-7,9,12H,1-2H3. The maximum absolute atomic E-state index is 12.1. The van der Waals surface area contributed by atoms with E-state index in [0.29, 0.717) is 11.3 Å². The van der Waals surface area contributed by atoms with Crippen molar-refractivity contribution in [2.24, 2.45) is 0 Å². The highest BCUT2D eigenvalue weighted by Gasteiger charge is 2.30. The molecule has 0 fully saturated rings. The van der Waals surface area contributed by atoms with Crippen molar-refractivity contribution in [1.82, 2.24) is 0 Å². The van der Waals surface area contributed by atoms with Gasteiger partial charge in [0, 0.05) is 17.7 Å². The first-order valence-corrected chi connectivity index (χ1v) is 6.30. The second-order valence-electron chi connectivity index (χ2n) is 4.74. The van der Waals surface area contributed by atoms with Gasteiger partial charge in [0.15, 0.2) is 0 Å². The second kappa shape index (κ2) is 5.63. The van der Waals surface area contributed by atoms with Crippen LogP contribution in [0.1, 0.15) is 19.4 Å². The molecule has 0 aromatic heterocycles. The van der Waals surface area contributed by atoms with Gasteiger partial charge < -0.3 is 4.74 Å². The van der Waals surface area contributed by atoms with Crippen LogP contribution in [0, 0.1) is 21.4 Å². The Balaban J connectivity index is 2.46. The van der Waals surface area contributed by atoms with Gasteiger partial charge in [-0.25, -0.2) is 4.79 Å². The monoisotopic (exact) mass is 287 g/mol. The number of nitro groups is 1. The van der Waals surface area contributed by atoms with Gasteiger partial charge in [0.25, 0.3) is 5.69 Å². The zero-order chi connectivity index (χ0) is 15.6. The van der Waals surface area contributed by atoms with Gasteiger partial charge in [0.05, 0.1) is 22.8 Å². The lowest BCUT2D eigenvalue weighted by Crippen LogP contribution is -2.41. The summed E-state index contributed by atoms with van der Waals surface area (Å²) in [4.78, 5) is 23.6. The fraction of sp³-hybridized carbons (Fsp3) is 0.286. The molecule has 1 aromatic carbocycles. The van der Waals surface area contributed by atoms with Crippen LogP contribution in [-0.4, -0.2) is 23.2 Å². The van der Waals surface area contributed by atoms with Crippen molar-refractivity contribution >= 4 is 23.5 Å². The average Bonchev–Trinajstić information content (AvgIpc) is 2.44. The summed E-state index contributed by atoms with van der Waals surface area (Å²) < 4.78 is 5.12. The Morgan fingerprint density at radius 2 is 2.24 bits per heavy atom. The number of nitriles is 1. The minimum absolute atomic E-state index is 0.0778. The summed E-state index contributed by atoms with van der Waals surface area (Å²) in [6.07, 6.45) is 2.11. The number of fused-ring (bicyclic) bond motifs is 1. The summed E-state index contributed by atoms with van der Waals surface area (Å²) in [5.74, 6) is 0. The summed E-state index contributed by atoms with van der Waals surface area (Å²) in [6.45, 7) is 3.41. The van der Waals surface area contributed by atoms with Gasteiger partial charge in [-0.15, -0.1) is 0 Å². The quantitative estimate of drug-likeness (QED) is 0.615. The zero-order valence-electron chi connectivity index (χ0n) is 11.5. The summed E-state index contributed by atoms with van der Waals surface area (Å²) in [5.41, 5.74) is 0.836. The molecule has 7 nitrogen and oxygen atoms in total. The highest BCUT2D eigenvalue weighted by atomic mass is 16.6. The van der Waals surface area contributed by atoms with Crippen LogP contribution in [0.4, 0.5) is 16.2 Å². The molecule has 0 saturated carbocycles. The molecule has 0 saturated heterocycles. The van der Waals surface area contributed by atoms with E-state index in [1.807, 2.05) is 6.07 Å². The van der Waals surface area contributed by atoms with Crippen molar-refractivity contribution in [2.45, 2.75) is 26.0 Å². The topological polar surface area (TPSA) is 96.5 Å². The highest BCUT2D eigenvalue weighted by Crippen LogP contribution is 2.32. The van der Waals surface area contributed by atoms with E-state index in [9.17, 15) is 14.9 Å². The van der Waals surface area contributed by atoms with Crippen molar-refractivity contribution in [3.8, 4) is 6.07 Å². The Kier molecular flexibility index (Phi) is 3.89. The number of non-ortho nitro benzene ring substituents is 1. The zero-order valence-corrected chi connectivity index (χ0v) is 11.5. The maximum Gasteiger partial charge on any atom is 0.415 e. The molecule has 0 N–H and O–H groups in total. The molecule has 1 aliphatic heterocycles. The van der Waals surface area contributed by atoms with Gasteiger partial charge in [-0.1, -0.05) is 6.08 Å². The first-order chi connectivity index (χ1) is 9.93. The molecular formula is C14H13N3O4. The van der Waals surface area contributed by atoms with E-state index in [1.54, 1.807) is 19.9 Å². The lowest BCUT2D eigenvalue weighted by Gasteiger charge is -2.29. The summed E-state index contributed by atoms with van der Waals surface area (Å²) in [6, 6.07) is 5.29. The molecule has 1 aliphatic rings. The first-order valence-electron chi connectivity index (χ1n) is 6.30. The fourth-order valence-corrected chi connectivity index (χ4v) is 2.01. The summed E-state index contributed by atoms with van der Waals surface area (Å²) >= 11 is 0. The normalized spacial score (nSPS) is 16.3. The Hall–Kier alpha value is -2.88. The maximum atomic E-state index is 12.1. The number of carbonyl (C=O) groups is 1. The molecule has 7 heteroatoms. The minimum Gasteiger partial charge on any atom is -0.446 e. The van der Waals surface area contributed by atoms with Gasteiger partial charge in [-0.3, -0.25) is 15.0 Å². The van der Waals surface area contributed by atoms with Crippen LogP contribution in [-0.2, 0) is 4.74 Å². The van der Waals surface area contributed by atoms with Crippen LogP contribution >= 0.6 is 0 Å². The van der Waals surface area contributed by atoms with Crippen LogP contribution < -0.4 is 4.90 Å². The third-order valence-electron chi connectivity index (χ3n) is 2.88. The highest BCUT2D eigenvalue weighted by molar-refractivity contribution is 5.94. The Bertz CT molecular complexity index is 661. The first kappa shape index (κ1) is 14.5. The minimum atomic E-state index is -0.801. The van der Waals surface area contributed by atoms with Gasteiger partial charge in [-0.05, 0) is 26.0 Å². The van der Waals surface area contributed by atoms with Gasteiger partial charge >= 0.3 is 6.09 Å². The predicted molar refractivity (Wildman–Crippen MR) is 75.6 cm³/mol. The van der Waals surface area contributed by atoms with Crippen LogP contribution in [0.25, 0.3) is 6.08 Å². The van der Waals surface area contributed by atoms with Gasteiger partial charge in [0.1, 0.15) is 6.04 Å². The number of benzene rings is 1. The number of nitro benzene ring substituents is 1. The van der Waals surface area contributed by atoms with Crippen LogP contribution in [0.3, 0.4) is 0 Å². The number of anilines is 1. The summed E-state index contributed by atoms with van der Waals surface area (Å²) in [7, 11) is 0. The molecule has 0 spiro atoms. The van der Waals surface area contributed by atoms with Crippen LogP contribution in [0.2, 0.25) is 0 Å². The van der Waals surface area contributed by atoms with E-state index in [2.05, 4.69) is 0 Å². The lowest BCUT2D eigenvalue weighted by molar-refractivity contribution is -0.384. The molecule has 108 valence electrons. The van der Waals surface area contributed by atoms with Crippen LogP contribution in [0.15, 0.2) is 24.3 Å².